The summed E-state index contributed by atoms with van der Waals surface area (Å²) >= 11 is 0. The van der Waals surface area contributed by atoms with Crippen LogP contribution in [0.4, 0.5) is 5.69 Å². The standard InChI is InChI=1S/C23H28N2O4/c1-16(2)15-29-20-11-9-17(13-21(20)28-4)10-12-22(26)25-19-8-6-5-7-18(19)14-23(27)24-3/h5-13,16H,14-15H2,1-4H3,(H,24,27)(H,25,26). The minimum absolute atomic E-state index is 0.117. The molecule has 0 heterocycles. The van der Waals surface area contributed by atoms with Crippen molar-refractivity contribution in [3.63, 3.8) is 0 Å². The van der Waals surface area contributed by atoms with Gasteiger partial charge in [0.25, 0.3) is 0 Å². The average Bonchev–Trinajstić information content (AvgIpc) is 2.72. The van der Waals surface area contributed by atoms with Crippen molar-refractivity contribution in [1.82, 2.24) is 5.32 Å². The molecule has 0 aliphatic heterocycles. The van der Waals surface area contributed by atoms with Gasteiger partial charge in [0.1, 0.15) is 0 Å². The third-order valence-corrected chi connectivity index (χ3v) is 4.09. The Morgan fingerprint density at radius 3 is 2.55 bits per heavy atom. The first-order valence-corrected chi connectivity index (χ1v) is 9.51. The van der Waals surface area contributed by atoms with Gasteiger partial charge < -0.3 is 20.1 Å². The number of ether oxygens (including phenoxy) is 2. The lowest BCUT2D eigenvalue weighted by Gasteiger charge is -2.12. The minimum Gasteiger partial charge on any atom is -0.493 e. The molecule has 2 aromatic carbocycles. The van der Waals surface area contributed by atoms with Crippen LogP contribution >= 0.6 is 0 Å². The van der Waals surface area contributed by atoms with Crippen molar-refractivity contribution in [3.8, 4) is 11.5 Å². The quantitative estimate of drug-likeness (QED) is 0.634. The van der Waals surface area contributed by atoms with Crippen LogP contribution in [-0.2, 0) is 16.0 Å². The Morgan fingerprint density at radius 1 is 1.10 bits per heavy atom. The van der Waals surface area contributed by atoms with Crippen LogP contribution in [-0.4, -0.2) is 32.6 Å². The van der Waals surface area contributed by atoms with Gasteiger partial charge in [-0.25, -0.2) is 0 Å². The number of rotatable bonds is 9. The van der Waals surface area contributed by atoms with E-state index >= 15 is 0 Å². The first-order valence-electron chi connectivity index (χ1n) is 9.51. The second-order valence-electron chi connectivity index (χ2n) is 6.94. The summed E-state index contributed by atoms with van der Waals surface area (Å²) < 4.78 is 11.1. The Kier molecular flexibility index (Phi) is 8.27. The molecule has 0 unspecified atom stereocenters. The first kappa shape index (κ1) is 22.0. The van der Waals surface area contributed by atoms with E-state index in [4.69, 9.17) is 9.47 Å². The minimum atomic E-state index is -0.284. The Morgan fingerprint density at radius 2 is 1.86 bits per heavy atom. The summed E-state index contributed by atoms with van der Waals surface area (Å²) in [4.78, 5) is 24.0. The lowest BCUT2D eigenvalue weighted by Crippen LogP contribution is -2.21. The molecule has 0 spiro atoms. The summed E-state index contributed by atoms with van der Waals surface area (Å²) in [6.07, 6.45) is 3.34. The van der Waals surface area contributed by atoms with Crippen molar-refractivity contribution < 1.29 is 19.1 Å². The molecule has 0 aliphatic rings. The van der Waals surface area contributed by atoms with Gasteiger partial charge in [-0.15, -0.1) is 0 Å². The molecule has 0 fully saturated rings. The fourth-order valence-electron chi connectivity index (χ4n) is 2.57. The van der Waals surface area contributed by atoms with E-state index in [0.717, 1.165) is 11.1 Å². The maximum atomic E-state index is 12.3. The summed E-state index contributed by atoms with van der Waals surface area (Å²) in [6.45, 7) is 4.76. The largest absolute Gasteiger partial charge is 0.493 e. The zero-order chi connectivity index (χ0) is 21.2. The molecule has 0 aromatic heterocycles. The zero-order valence-corrected chi connectivity index (χ0v) is 17.3. The fraction of sp³-hybridized carbons (Fsp3) is 0.304. The van der Waals surface area contributed by atoms with Gasteiger partial charge in [0.05, 0.1) is 20.1 Å². The van der Waals surface area contributed by atoms with Crippen molar-refractivity contribution in [2.45, 2.75) is 20.3 Å². The van der Waals surface area contributed by atoms with Crippen LogP contribution < -0.4 is 20.1 Å². The SMILES string of the molecule is CNC(=O)Cc1ccccc1NC(=O)C=Cc1ccc(OCC(C)C)c(OC)c1. The maximum Gasteiger partial charge on any atom is 0.248 e. The number of amides is 2. The Hall–Kier alpha value is -3.28. The number of carbonyl (C=O) groups excluding carboxylic acids is 2. The molecule has 6 heteroatoms. The highest BCUT2D eigenvalue weighted by atomic mass is 16.5. The molecule has 0 saturated carbocycles. The molecule has 2 aromatic rings. The number of methoxy groups -OCH3 is 1. The van der Waals surface area contributed by atoms with Crippen molar-refractivity contribution in [2.75, 3.05) is 26.1 Å². The Labute approximate surface area is 171 Å². The second-order valence-corrected chi connectivity index (χ2v) is 6.94. The van der Waals surface area contributed by atoms with Crippen LogP contribution in [0.15, 0.2) is 48.5 Å². The molecule has 0 atom stereocenters. The summed E-state index contributed by atoms with van der Waals surface area (Å²) in [5.74, 6) is 1.30. The molecule has 0 radical (unpaired) electrons. The number of hydrogen-bond acceptors (Lipinski definition) is 4. The molecular formula is C23H28N2O4. The predicted molar refractivity (Wildman–Crippen MR) is 115 cm³/mol. The number of benzene rings is 2. The van der Waals surface area contributed by atoms with E-state index in [9.17, 15) is 9.59 Å². The van der Waals surface area contributed by atoms with E-state index in [1.807, 2.05) is 36.4 Å². The Bertz CT molecular complexity index is 875. The first-order chi connectivity index (χ1) is 13.9. The highest BCUT2D eigenvalue weighted by molar-refractivity contribution is 6.02. The van der Waals surface area contributed by atoms with Gasteiger partial charge in [-0.05, 0) is 41.3 Å². The van der Waals surface area contributed by atoms with Crippen molar-refractivity contribution in [1.29, 1.82) is 0 Å². The van der Waals surface area contributed by atoms with Crippen molar-refractivity contribution in [3.05, 3.63) is 59.7 Å². The van der Waals surface area contributed by atoms with Crippen LogP contribution in [0.2, 0.25) is 0 Å². The molecule has 0 aliphatic carbocycles. The third kappa shape index (κ3) is 6.99. The van der Waals surface area contributed by atoms with Gasteiger partial charge in [-0.3, -0.25) is 9.59 Å². The number of carbonyl (C=O) groups is 2. The zero-order valence-electron chi connectivity index (χ0n) is 17.3. The van der Waals surface area contributed by atoms with E-state index in [1.54, 1.807) is 26.3 Å². The van der Waals surface area contributed by atoms with E-state index < -0.39 is 0 Å². The monoisotopic (exact) mass is 396 g/mol. The van der Waals surface area contributed by atoms with Crippen molar-refractivity contribution in [2.24, 2.45) is 5.92 Å². The lowest BCUT2D eigenvalue weighted by molar-refractivity contribution is -0.120. The van der Waals surface area contributed by atoms with Gasteiger partial charge in [0.2, 0.25) is 11.8 Å². The van der Waals surface area contributed by atoms with Gasteiger partial charge in [-0.2, -0.15) is 0 Å². The normalized spacial score (nSPS) is 10.8. The molecule has 154 valence electrons. The maximum absolute atomic E-state index is 12.3. The topological polar surface area (TPSA) is 76.7 Å². The highest BCUT2D eigenvalue weighted by Crippen LogP contribution is 2.29. The summed E-state index contributed by atoms with van der Waals surface area (Å²) in [5.41, 5.74) is 2.18. The number of anilines is 1. The van der Waals surface area contributed by atoms with E-state index in [0.29, 0.717) is 29.7 Å². The highest BCUT2D eigenvalue weighted by Gasteiger charge is 2.09. The lowest BCUT2D eigenvalue weighted by atomic mass is 10.1. The number of para-hydroxylation sites is 1. The van der Waals surface area contributed by atoms with E-state index in [2.05, 4.69) is 24.5 Å². The molecule has 2 amide bonds. The predicted octanol–water partition coefficient (Wildman–Crippen LogP) is 3.67. The van der Waals surface area contributed by atoms with E-state index in [1.165, 1.54) is 6.08 Å². The van der Waals surface area contributed by atoms with Crippen LogP contribution in [0.25, 0.3) is 6.08 Å². The number of nitrogens with one attached hydrogen (secondary N) is 2. The third-order valence-electron chi connectivity index (χ3n) is 4.09. The van der Waals surface area contributed by atoms with Gasteiger partial charge in [0, 0.05) is 18.8 Å². The molecular weight excluding hydrogens is 368 g/mol. The molecule has 29 heavy (non-hydrogen) atoms. The summed E-state index contributed by atoms with van der Waals surface area (Å²) in [6, 6.07) is 12.7. The van der Waals surface area contributed by atoms with Crippen LogP contribution in [0.3, 0.4) is 0 Å². The molecule has 2 rings (SSSR count). The smallest absolute Gasteiger partial charge is 0.248 e. The van der Waals surface area contributed by atoms with Crippen molar-refractivity contribution >= 4 is 23.6 Å². The summed E-state index contributed by atoms with van der Waals surface area (Å²) in [7, 11) is 3.17. The van der Waals surface area contributed by atoms with E-state index in [-0.39, 0.29) is 18.2 Å². The molecule has 6 nitrogen and oxygen atoms in total. The van der Waals surface area contributed by atoms with Crippen LogP contribution in [0.5, 0.6) is 11.5 Å². The molecule has 0 bridgehead atoms. The molecule has 2 N–H and O–H groups in total. The van der Waals surface area contributed by atoms with Gasteiger partial charge >= 0.3 is 0 Å². The fourth-order valence-corrected chi connectivity index (χ4v) is 2.57. The average molecular weight is 396 g/mol. The second kappa shape index (κ2) is 10.9. The van der Waals surface area contributed by atoms with Crippen LogP contribution in [0, 0.1) is 5.92 Å². The van der Waals surface area contributed by atoms with Gasteiger partial charge in [0.15, 0.2) is 11.5 Å². The number of hydrogen-bond donors (Lipinski definition) is 2. The Balaban J connectivity index is 2.07. The number of likely N-dealkylation sites (N-methyl/N-ethyl adjacent to an activating group) is 1. The molecule has 0 saturated heterocycles. The summed E-state index contributed by atoms with van der Waals surface area (Å²) in [5, 5.41) is 5.40. The van der Waals surface area contributed by atoms with Gasteiger partial charge in [-0.1, -0.05) is 38.1 Å². The van der Waals surface area contributed by atoms with Crippen LogP contribution in [0.1, 0.15) is 25.0 Å².